The zero-order valence-electron chi connectivity index (χ0n) is 11.8. The van der Waals surface area contributed by atoms with E-state index >= 15 is 0 Å². The lowest BCUT2D eigenvalue weighted by Crippen LogP contribution is -2.48. The molecule has 1 saturated heterocycles. The van der Waals surface area contributed by atoms with E-state index in [9.17, 15) is 9.18 Å². The highest BCUT2D eigenvalue weighted by atomic mass is 32.1. The molecular formula is C14H18FN3O2S. The maximum atomic E-state index is 13.7. The Morgan fingerprint density at radius 3 is 2.62 bits per heavy atom. The van der Waals surface area contributed by atoms with Gasteiger partial charge in [0.15, 0.2) is 6.61 Å². The Bertz CT molecular complexity index is 545. The standard InChI is InChI=1S/C14H18FN3O2S/c1-17-4-6-18(7-5-17)13(19)9-20-10-2-3-11(14(16)21)12(15)8-10/h2-3,8H,4-7,9H2,1H3,(H2,16,21). The van der Waals surface area contributed by atoms with Crippen molar-refractivity contribution < 1.29 is 13.9 Å². The van der Waals surface area contributed by atoms with Gasteiger partial charge in [-0.2, -0.15) is 0 Å². The number of rotatable bonds is 4. The molecule has 0 unspecified atom stereocenters. The number of hydrogen-bond donors (Lipinski definition) is 1. The summed E-state index contributed by atoms with van der Waals surface area (Å²) in [5.74, 6) is -0.357. The van der Waals surface area contributed by atoms with Gasteiger partial charge in [-0.05, 0) is 19.2 Å². The summed E-state index contributed by atoms with van der Waals surface area (Å²) in [6.45, 7) is 2.97. The van der Waals surface area contributed by atoms with E-state index in [2.05, 4.69) is 4.90 Å². The van der Waals surface area contributed by atoms with Gasteiger partial charge in [-0.1, -0.05) is 12.2 Å². The highest BCUT2D eigenvalue weighted by Crippen LogP contribution is 2.17. The number of halogens is 1. The lowest BCUT2D eigenvalue weighted by atomic mass is 10.2. The lowest BCUT2D eigenvalue weighted by Gasteiger charge is -2.32. The molecule has 0 saturated carbocycles. The van der Waals surface area contributed by atoms with Crippen LogP contribution in [0.25, 0.3) is 0 Å². The molecule has 2 rings (SSSR count). The molecule has 0 spiro atoms. The quantitative estimate of drug-likeness (QED) is 0.826. The van der Waals surface area contributed by atoms with Crippen molar-refractivity contribution in [3.05, 3.63) is 29.6 Å². The third kappa shape index (κ3) is 4.12. The average molecular weight is 311 g/mol. The number of amides is 1. The van der Waals surface area contributed by atoms with Crippen molar-refractivity contribution >= 4 is 23.1 Å². The summed E-state index contributed by atoms with van der Waals surface area (Å²) in [6, 6.07) is 4.19. The molecule has 1 amide bonds. The molecule has 2 N–H and O–H groups in total. The van der Waals surface area contributed by atoms with Gasteiger partial charge in [0.2, 0.25) is 0 Å². The van der Waals surface area contributed by atoms with Gasteiger partial charge in [0.05, 0.1) is 0 Å². The molecule has 0 atom stereocenters. The van der Waals surface area contributed by atoms with Crippen molar-refractivity contribution in [1.29, 1.82) is 0 Å². The molecule has 114 valence electrons. The van der Waals surface area contributed by atoms with Crippen molar-refractivity contribution in [3.8, 4) is 5.75 Å². The number of likely N-dealkylation sites (N-methyl/N-ethyl adjacent to an activating group) is 1. The SMILES string of the molecule is CN1CCN(C(=O)COc2ccc(C(N)=S)c(F)c2)CC1. The third-order valence-corrected chi connectivity index (χ3v) is 3.64. The van der Waals surface area contributed by atoms with Crippen LogP contribution in [0.3, 0.4) is 0 Å². The number of nitrogens with zero attached hydrogens (tertiary/aromatic N) is 2. The average Bonchev–Trinajstić information content (AvgIpc) is 2.45. The van der Waals surface area contributed by atoms with Crippen molar-refractivity contribution in [1.82, 2.24) is 9.80 Å². The van der Waals surface area contributed by atoms with Gasteiger partial charge in [0.1, 0.15) is 16.6 Å². The molecule has 1 fully saturated rings. The van der Waals surface area contributed by atoms with E-state index in [0.717, 1.165) is 13.1 Å². The van der Waals surface area contributed by atoms with E-state index in [4.69, 9.17) is 22.7 Å². The van der Waals surface area contributed by atoms with Gasteiger partial charge in [-0.25, -0.2) is 4.39 Å². The first-order valence-corrected chi connectivity index (χ1v) is 7.06. The summed E-state index contributed by atoms with van der Waals surface area (Å²) in [5, 5.41) is 0. The predicted octanol–water partition coefficient (Wildman–Crippen LogP) is 0.613. The second kappa shape index (κ2) is 6.82. The van der Waals surface area contributed by atoms with Crippen LogP contribution in [0.4, 0.5) is 4.39 Å². The summed E-state index contributed by atoms with van der Waals surface area (Å²) in [5.41, 5.74) is 5.55. The number of carbonyl (C=O) groups is 1. The summed E-state index contributed by atoms with van der Waals surface area (Å²) >= 11 is 4.73. The molecule has 1 aromatic rings. The molecule has 0 bridgehead atoms. The molecule has 0 aromatic heterocycles. The van der Waals surface area contributed by atoms with E-state index in [0.29, 0.717) is 13.1 Å². The van der Waals surface area contributed by atoms with E-state index in [1.165, 1.54) is 12.1 Å². The smallest absolute Gasteiger partial charge is 0.260 e. The largest absolute Gasteiger partial charge is 0.484 e. The number of carbonyl (C=O) groups excluding carboxylic acids is 1. The maximum absolute atomic E-state index is 13.7. The van der Waals surface area contributed by atoms with Crippen LogP contribution in [-0.2, 0) is 4.79 Å². The van der Waals surface area contributed by atoms with Gasteiger partial charge >= 0.3 is 0 Å². The normalized spacial score (nSPS) is 15.8. The van der Waals surface area contributed by atoms with Crippen LogP contribution >= 0.6 is 12.2 Å². The highest BCUT2D eigenvalue weighted by Gasteiger charge is 2.19. The number of ether oxygens (including phenoxy) is 1. The Morgan fingerprint density at radius 1 is 1.38 bits per heavy atom. The summed E-state index contributed by atoms with van der Waals surface area (Å²) in [7, 11) is 2.02. The molecule has 0 radical (unpaired) electrons. The Hall–Kier alpha value is -1.73. The molecule has 1 aliphatic heterocycles. The Kier molecular flexibility index (Phi) is 5.08. The molecule has 21 heavy (non-hydrogen) atoms. The first kappa shape index (κ1) is 15.7. The Balaban J connectivity index is 1.89. The van der Waals surface area contributed by atoms with Crippen LogP contribution in [0.5, 0.6) is 5.75 Å². The summed E-state index contributed by atoms with van der Waals surface area (Å²) in [6.07, 6.45) is 0. The van der Waals surface area contributed by atoms with Crippen molar-refractivity contribution in [3.63, 3.8) is 0 Å². The van der Waals surface area contributed by atoms with Crippen LogP contribution < -0.4 is 10.5 Å². The molecule has 1 aromatic carbocycles. The van der Waals surface area contributed by atoms with Crippen molar-refractivity contribution in [2.75, 3.05) is 39.8 Å². The highest BCUT2D eigenvalue weighted by molar-refractivity contribution is 7.80. The van der Waals surface area contributed by atoms with Crippen LogP contribution in [0.1, 0.15) is 5.56 Å². The molecule has 5 nitrogen and oxygen atoms in total. The first-order chi connectivity index (χ1) is 9.97. The van der Waals surface area contributed by atoms with Gasteiger partial charge in [0, 0.05) is 37.8 Å². The molecule has 1 heterocycles. The number of hydrogen-bond acceptors (Lipinski definition) is 4. The van der Waals surface area contributed by atoms with Gasteiger partial charge in [-0.3, -0.25) is 4.79 Å². The minimum Gasteiger partial charge on any atom is -0.484 e. The van der Waals surface area contributed by atoms with E-state index in [1.54, 1.807) is 11.0 Å². The Labute approximate surface area is 128 Å². The summed E-state index contributed by atoms with van der Waals surface area (Å²) in [4.78, 5) is 15.9. The molecular weight excluding hydrogens is 293 g/mol. The van der Waals surface area contributed by atoms with Gasteiger partial charge < -0.3 is 20.3 Å². The molecule has 7 heteroatoms. The Morgan fingerprint density at radius 2 is 2.05 bits per heavy atom. The van der Waals surface area contributed by atoms with E-state index < -0.39 is 5.82 Å². The summed E-state index contributed by atoms with van der Waals surface area (Å²) < 4.78 is 19.0. The predicted molar refractivity (Wildman–Crippen MR) is 81.9 cm³/mol. The van der Waals surface area contributed by atoms with Crippen LogP contribution in [-0.4, -0.2) is 60.5 Å². The zero-order valence-corrected chi connectivity index (χ0v) is 12.7. The first-order valence-electron chi connectivity index (χ1n) is 6.66. The fourth-order valence-electron chi connectivity index (χ4n) is 2.08. The fourth-order valence-corrected chi connectivity index (χ4v) is 2.24. The van der Waals surface area contributed by atoms with Gasteiger partial charge in [-0.15, -0.1) is 0 Å². The van der Waals surface area contributed by atoms with E-state index in [-0.39, 0.29) is 28.8 Å². The second-order valence-electron chi connectivity index (χ2n) is 4.98. The number of piperazine rings is 1. The topological polar surface area (TPSA) is 58.8 Å². The fraction of sp³-hybridized carbons (Fsp3) is 0.429. The third-order valence-electron chi connectivity index (χ3n) is 3.42. The minimum atomic E-state index is -0.549. The lowest BCUT2D eigenvalue weighted by molar-refractivity contribution is -0.134. The van der Waals surface area contributed by atoms with Crippen molar-refractivity contribution in [2.45, 2.75) is 0 Å². The maximum Gasteiger partial charge on any atom is 0.260 e. The van der Waals surface area contributed by atoms with Crippen LogP contribution in [0, 0.1) is 5.82 Å². The van der Waals surface area contributed by atoms with Crippen LogP contribution in [0.15, 0.2) is 18.2 Å². The molecule has 0 aliphatic carbocycles. The second-order valence-corrected chi connectivity index (χ2v) is 5.42. The van der Waals surface area contributed by atoms with Crippen LogP contribution in [0.2, 0.25) is 0 Å². The number of nitrogens with two attached hydrogens (primary N) is 1. The monoisotopic (exact) mass is 311 g/mol. The number of thiocarbonyl (C=S) groups is 1. The number of benzene rings is 1. The minimum absolute atomic E-state index is 0.00689. The van der Waals surface area contributed by atoms with Crippen molar-refractivity contribution in [2.24, 2.45) is 5.73 Å². The van der Waals surface area contributed by atoms with E-state index in [1.807, 2.05) is 7.05 Å². The molecule has 1 aliphatic rings. The zero-order chi connectivity index (χ0) is 15.4. The van der Waals surface area contributed by atoms with Gasteiger partial charge in [0.25, 0.3) is 5.91 Å².